The van der Waals surface area contributed by atoms with E-state index in [4.69, 9.17) is 10.00 Å². The number of ether oxygens (including phenoxy) is 1. The Morgan fingerprint density at radius 3 is 2.66 bits per heavy atom. The summed E-state index contributed by atoms with van der Waals surface area (Å²) in [4.78, 5) is 24.8. The minimum Gasteiger partial charge on any atom is -0.457 e. The zero-order chi connectivity index (χ0) is 22.2. The average molecular weight is 422 g/mol. The van der Waals surface area contributed by atoms with Crippen molar-refractivity contribution in [2.45, 2.75) is 6.42 Å². The van der Waals surface area contributed by atoms with Crippen molar-refractivity contribution < 1.29 is 9.53 Å². The lowest BCUT2D eigenvalue weighted by atomic mass is 10.1. The summed E-state index contributed by atoms with van der Waals surface area (Å²) in [6.45, 7) is 0. The molecule has 3 aromatic heterocycles. The molecule has 0 unspecified atom stereocenters. The van der Waals surface area contributed by atoms with Crippen LogP contribution in [0.5, 0.6) is 11.5 Å². The van der Waals surface area contributed by atoms with Crippen molar-refractivity contribution in [3.8, 4) is 28.8 Å². The Hall–Kier alpha value is -4.77. The first-order chi connectivity index (χ1) is 15.7. The maximum absolute atomic E-state index is 12.3. The number of hydrogen-bond acceptors (Lipinski definition) is 7. The highest BCUT2D eigenvalue weighted by atomic mass is 16.5. The SMILES string of the molecule is N#Cc1cc(Oc2ccc(CC(=O)NNc3cccc(-c4cccnc4)n3)cc2)ccn1. The molecular formula is C24H18N6O2. The lowest BCUT2D eigenvalue weighted by Gasteiger charge is -2.10. The summed E-state index contributed by atoms with van der Waals surface area (Å²) in [6.07, 6.45) is 5.13. The van der Waals surface area contributed by atoms with Crippen molar-refractivity contribution in [3.05, 3.63) is 96.6 Å². The molecule has 4 rings (SSSR count). The first-order valence-electron chi connectivity index (χ1n) is 9.75. The zero-order valence-corrected chi connectivity index (χ0v) is 16.9. The smallest absolute Gasteiger partial charge is 0.242 e. The third-order valence-corrected chi connectivity index (χ3v) is 4.41. The number of hydrazine groups is 1. The lowest BCUT2D eigenvalue weighted by Crippen LogP contribution is -2.31. The molecule has 8 nitrogen and oxygen atoms in total. The molecule has 0 saturated heterocycles. The fraction of sp³-hybridized carbons (Fsp3) is 0.0417. The molecule has 0 aliphatic rings. The Bertz CT molecular complexity index is 1250. The second kappa shape index (κ2) is 9.82. The summed E-state index contributed by atoms with van der Waals surface area (Å²) >= 11 is 0. The molecule has 0 radical (unpaired) electrons. The first kappa shape index (κ1) is 20.5. The number of carbonyl (C=O) groups excluding carboxylic acids is 1. The van der Waals surface area contributed by atoms with E-state index >= 15 is 0 Å². The Kier molecular flexibility index (Phi) is 6.29. The van der Waals surface area contributed by atoms with Gasteiger partial charge in [0.25, 0.3) is 0 Å². The average Bonchev–Trinajstić information content (AvgIpc) is 2.85. The molecule has 0 bridgehead atoms. The summed E-state index contributed by atoms with van der Waals surface area (Å²) in [5, 5.41) is 8.91. The number of nitriles is 1. The van der Waals surface area contributed by atoms with Crippen molar-refractivity contribution in [2.75, 3.05) is 5.43 Å². The van der Waals surface area contributed by atoms with Gasteiger partial charge in [-0.3, -0.25) is 20.6 Å². The molecule has 0 aliphatic carbocycles. The van der Waals surface area contributed by atoms with Crippen LogP contribution in [0.1, 0.15) is 11.3 Å². The second-order valence-electron chi connectivity index (χ2n) is 6.73. The van der Waals surface area contributed by atoms with Crippen LogP contribution in [0.25, 0.3) is 11.3 Å². The third-order valence-electron chi connectivity index (χ3n) is 4.41. The van der Waals surface area contributed by atoms with Crippen LogP contribution in [0.2, 0.25) is 0 Å². The fourth-order valence-electron chi connectivity index (χ4n) is 2.89. The van der Waals surface area contributed by atoms with Gasteiger partial charge in [-0.05, 0) is 48.0 Å². The number of pyridine rings is 3. The summed E-state index contributed by atoms with van der Waals surface area (Å²) in [5.41, 5.74) is 8.24. The van der Waals surface area contributed by atoms with Gasteiger partial charge in [-0.25, -0.2) is 9.97 Å². The Morgan fingerprint density at radius 2 is 1.88 bits per heavy atom. The van der Waals surface area contributed by atoms with E-state index in [0.717, 1.165) is 16.8 Å². The van der Waals surface area contributed by atoms with E-state index in [1.165, 1.54) is 6.20 Å². The van der Waals surface area contributed by atoms with Crippen LogP contribution in [-0.2, 0) is 11.2 Å². The highest BCUT2D eigenvalue weighted by molar-refractivity contribution is 5.79. The number of benzene rings is 1. The van der Waals surface area contributed by atoms with Crippen LogP contribution in [-0.4, -0.2) is 20.9 Å². The minimum atomic E-state index is -0.208. The molecule has 4 aromatic rings. The normalized spacial score (nSPS) is 10.1. The topological polar surface area (TPSA) is 113 Å². The summed E-state index contributed by atoms with van der Waals surface area (Å²) < 4.78 is 5.72. The largest absolute Gasteiger partial charge is 0.457 e. The fourth-order valence-corrected chi connectivity index (χ4v) is 2.89. The van der Waals surface area contributed by atoms with Crippen LogP contribution < -0.4 is 15.6 Å². The summed E-state index contributed by atoms with van der Waals surface area (Å²) in [6, 6.07) is 21.6. The summed E-state index contributed by atoms with van der Waals surface area (Å²) in [7, 11) is 0. The third kappa shape index (κ3) is 5.43. The number of nitrogens with zero attached hydrogens (tertiary/aromatic N) is 4. The van der Waals surface area contributed by atoms with E-state index in [0.29, 0.717) is 17.3 Å². The Balaban J connectivity index is 1.31. The number of anilines is 1. The highest BCUT2D eigenvalue weighted by Crippen LogP contribution is 2.22. The van der Waals surface area contributed by atoms with Crippen molar-refractivity contribution in [1.29, 1.82) is 5.26 Å². The van der Waals surface area contributed by atoms with Crippen LogP contribution >= 0.6 is 0 Å². The highest BCUT2D eigenvalue weighted by Gasteiger charge is 2.06. The first-order valence-corrected chi connectivity index (χ1v) is 9.75. The number of hydrogen-bond donors (Lipinski definition) is 2. The number of amides is 1. The van der Waals surface area contributed by atoms with Gasteiger partial charge in [-0.15, -0.1) is 0 Å². The van der Waals surface area contributed by atoms with Gasteiger partial charge < -0.3 is 4.74 Å². The second-order valence-corrected chi connectivity index (χ2v) is 6.73. The number of rotatable bonds is 7. The Morgan fingerprint density at radius 1 is 1.00 bits per heavy atom. The Labute approximate surface area is 184 Å². The molecule has 1 amide bonds. The van der Waals surface area contributed by atoms with Crippen LogP contribution in [0.3, 0.4) is 0 Å². The van der Waals surface area contributed by atoms with E-state index in [9.17, 15) is 4.79 Å². The lowest BCUT2D eigenvalue weighted by molar-refractivity contribution is -0.119. The zero-order valence-electron chi connectivity index (χ0n) is 16.9. The molecule has 3 heterocycles. The molecule has 0 spiro atoms. The molecule has 8 heteroatoms. The maximum Gasteiger partial charge on any atom is 0.242 e. The monoisotopic (exact) mass is 422 g/mol. The van der Waals surface area contributed by atoms with Crippen molar-refractivity contribution in [1.82, 2.24) is 20.4 Å². The number of nitrogens with one attached hydrogen (secondary N) is 2. The van der Waals surface area contributed by atoms with E-state index in [1.807, 2.05) is 42.5 Å². The molecule has 1 aromatic carbocycles. The van der Waals surface area contributed by atoms with Gasteiger partial charge in [0.1, 0.15) is 29.1 Å². The van der Waals surface area contributed by atoms with E-state index < -0.39 is 0 Å². The molecule has 156 valence electrons. The van der Waals surface area contributed by atoms with Crippen LogP contribution in [0.15, 0.2) is 85.3 Å². The standard InChI is InChI=1S/C24H18N6O2/c25-15-19-14-21(10-12-27-19)32-20-8-6-17(7-9-20)13-24(31)30-29-23-5-1-4-22(28-23)18-3-2-11-26-16-18/h1-12,14,16H,13H2,(H,28,29)(H,30,31). The van der Waals surface area contributed by atoms with Gasteiger partial charge in [-0.1, -0.05) is 18.2 Å². The number of aromatic nitrogens is 3. The van der Waals surface area contributed by atoms with Crippen molar-refractivity contribution >= 4 is 11.7 Å². The van der Waals surface area contributed by atoms with Gasteiger partial charge in [0, 0.05) is 30.2 Å². The van der Waals surface area contributed by atoms with Crippen molar-refractivity contribution in [3.63, 3.8) is 0 Å². The molecule has 0 aliphatic heterocycles. The van der Waals surface area contributed by atoms with Crippen molar-refractivity contribution in [2.24, 2.45) is 0 Å². The predicted molar refractivity (Wildman–Crippen MR) is 118 cm³/mol. The molecule has 2 N–H and O–H groups in total. The van der Waals surface area contributed by atoms with E-state index in [-0.39, 0.29) is 18.0 Å². The van der Waals surface area contributed by atoms with Gasteiger partial charge in [0.05, 0.1) is 12.1 Å². The van der Waals surface area contributed by atoms with Crippen LogP contribution in [0, 0.1) is 11.3 Å². The number of carbonyl (C=O) groups is 1. The van der Waals surface area contributed by atoms with Gasteiger partial charge in [0.15, 0.2) is 0 Å². The maximum atomic E-state index is 12.3. The van der Waals surface area contributed by atoms with Crippen LogP contribution in [0.4, 0.5) is 5.82 Å². The molecule has 0 saturated carbocycles. The predicted octanol–water partition coefficient (Wildman–Crippen LogP) is 3.89. The quantitative estimate of drug-likeness (QED) is 0.435. The molecule has 32 heavy (non-hydrogen) atoms. The molecular weight excluding hydrogens is 404 g/mol. The van der Waals surface area contributed by atoms with E-state index in [2.05, 4.69) is 25.8 Å². The summed E-state index contributed by atoms with van der Waals surface area (Å²) in [5.74, 6) is 1.43. The minimum absolute atomic E-state index is 0.184. The van der Waals surface area contributed by atoms with Gasteiger partial charge >= 0.3 is 0 Å². The molecule has 0 atom stereocenters. The van der Waals surface area contributed by atoms with E-state index in [1.54, 1.807) is 42.7 Å². The van der Waals surface area contributed by atoms with Gasteiger partial charge in [0.2, 0.25) is 5.91 Å². The van der Waals surface area contributed by atoms with Gasteiger partial charge in [-0.2, -0.15) is 5.26 Å². The molecule has 0 fully saturated rings.